The van der Waals surface area contributed by atoms with Gasteiger partial charge in [-0.3, -0.25) is 9.10 Å². The van der Waals surface area contributed by atoms with E-state index in [9.17, 15) is 18.0 Å². The quantitative estimate of drug-likeness (QED) is 0.786. The van der Waals surface area contributed by atoms with Gasteiger partial charge in [-0.25, -0.2) is 13.2 Å². The van der Waals surface area contributed by atoms with Gasteiger partial charge in [-0.1, -0.05) is 30.3 Å². The monoisotopic (exact) mass is 388 g/mol. The molecule has 2 N–H and O–H groups in total. The SMILES string of the molecule is CC1Cc2cc(C(=O)OC(C(N)=O)c3ccccc3)ccc2N1S(C)(=O)=O. The van der Waals surface area contributed by atoms with E-state index in [1.165, 1.54) is 10.4 Å². The van der Waals surface area contributed by atoms with Crippen molar-refractivity contribution in [2.45, 2.75) is 25.5 Å². The number of carbonyl (C=O) groups excluding carboxylic acids is 2. The van der Waals surface area contributed by atoms with Crippen LogP contribution in [-0.2, 0) is 26.0 Å². The summed E-state index contributed by atoms with van der Waals surface area (Å²) in [4.78, 5) is 24.3. The molecule has 3 rings (SSSR count). The number of anilines is 1. The number of nitrogens with zero attached hydrogens (tertiary/aromatic N) is 1. The maximum absolute atomic E-state index is 12.5. The molecule has 0 aromatic heterocycles. The largest absolute Gasteiger partial charge is 0.444 e. The number of fused-ring (bicyclic) bond motifs is 1. The lowest BCUT2D eigenvalue weighted by molar-refractivity contribution is -0.127. The van der Waals surface area contributed by atoms with Gasteiger partial charge in [-0.15, -0.1) is 0 Å². The molecular formula is C19H20N2O5S. The zero-order chi connectivity index (χ0) is 19.8. The predicted octanol–water partition coefficient (Wildman–Crippen LogP) is 1.78. The molecule has 0 aliphatic carbocycles. The highest BCUT2D eigenvalue weighted by atomic mass is 32.2. The molecule has 0 saturated carbocycles. The fourth-order valence-electron chi connectivity index (χ4n) is 3.33. The Morgan fingerprint density at radius 3 is 2.44 bits per heavy atom. The Morgan fingerprint density at radius 1 is 1.19 bits per heavy atom. The number of nitrogens with two attached hydrogens (primary N) is 1. The summed E-state index contributed by atoms with van der Waals surface area (Å²) in [5.41, 5.74) is 7.38. The number of hydrogen-bond acceptors (Lipinski definition) is 5. The minimum absolute atomic E-state index is 0.232. The second kappa shape index (κ2) is 7.03. The van der Waals surface area contributed by atoms with Crippen molar-refractivity contribution in [1.29, 1.82) is 0 Å². The van der Waals surface area contributed by atoms with E-state index >= 15 is 0 Å². The third-order valence-electron chi connectivity index (χ3n) is 4.41. The zero-order valence-electron chi connectivity index (χ0n) is 15.0. The van der Waals surface area contributed by atoms with E-state index in [1.807, 2.05) is 0 Å². The molecule has 1 aliphatic rings. The van der Waals surface area contributed by atoms with Gasteiger partial charge >= 0.3 is 5.97 Å². The average molecular weight is 388 g/mol. The Bertz CT molecular complexity index is 988. The van der Waals surface area contributed by atoms with Gasteiger partial charge in [0.25, 0.3) is 5.91 Å². The van der Waals surface area contributed by atoms with Crippen LogP contribution in [0.15, 0.2) is 48.5 Å². The van der Waals surface area contributed by atoms with E-state index in [0.717, 1.165) is 11.8 Å². The summed E-state index contributed by atoms with van der Waals surface area (Å²) in [6.07, 6.45) is 0.443. The van der Waals surface area contributed by atoms with Crippen LogP contribution in [0.2, 0.25) is 0 Å². The van der Waals surface area contributed by atoms with Gasteiger partial charge in [-0.2, -0.15) is 0 Å². The molecule has 1 amide bonds. The minimum atomic E-state index is -3.41. The van der Waals surface area contributed by atoms with Crippen molar-refractivity contribution in [2.75, 3.05) is 10.6 Å². The number of carbonyl (C=O) groups is 2. The first-order valence-corrected chi connectivity index (χ1v) is 10.2. The fraction of sp³-hybridized carbons (Fsp3) is 0.263. The van der Waals surface area contributed by atoms with Crippen LogP contribution in [-0.4, -0.2) is 32.6 Å². The molecule has 1 heterocycles. The van der Waals surface area contributed by atoms with Gasteiger partial charge < -0.3 is 10.5 Å². The number of benzene rings is 2. The molecule has 27 heavy (non-hydrogen) atoms. The lowest BCUT2D eigenvalue weighted by Crippen LogP contribution is -2.34. The highest BCUT2D eigenvalue weighted by Crippen LogP contribution is 2.35. The average Bonchev–Trinajstić information content (AvgIpc) is 2.94. The number of primary amides is 1. The fourth-order valence-corrected chi connectivity index (χ4v) is 4.59. The Hall–Kier alpha value is -2.87. The van der Waals surface area contributed by atoms with Gasteiger partial charge in [0.05, 0.1) is 17.5 Å². The summed E-state index contributed by atoms with van der Waals surface area (Å²) < 4.78 is 30.6. The van der Waals surface area contributed by atoms with Crippen molar-refractivity contribution >= 4 is 27.6 Å². The van der Waals surface area contributed by atoms with Crippen molar-refractivity contribution < 1.29 is 22.7 Å². The smallest absolute Gasteiger partial charge is 0.339 e. The lowest BCUT2D eigenvalue weighted by atomic mass is 10.1. The summed E-state index contributed by atoms with van der Waals surface area (Å²) in [5, 5.41) is 0. The molecule has 2 unspecified atom stereocenters. The van der Waals surface area contributed by atoms with Crippen LogP contribution in [0.4, 0.5) is 5.69 Å². The van der Waals surface area contributed by atoms with Crippen LogP contribution in [0, 0.1) is 0 Å². The van der Waals surface area contributed by atoms with Crippen molar-refractivity contribution in [3.63, 3.8) is 0 Å². The third-order valence-corrected chi connectivity index (χ3v) is 5.68. The second-order valence-corrected chi connectivity index (χ2v) is 8.41. The van der Waals surface area contributed by atoms with E-state index in [1.54, 1.807) is 49.4 Å². The standard InChI is InChI=1S/C19H20N2O5S/c1-12-10-15-11-14(8-9-16(15)21(12)27(2,24)25)19(23)26-17(18(20)22)13-6-4-3-5-7-13/h3-9,11-12,17H,10H2,1-2H3,(H2,20,22). The van der Waals surface area contributed by atoms with Gasteiger partial charge in [0.1, 0.15) is 0 Å². The molecule has 0 fully saturated rings. The highest BCUT2D eigenvalue weighted by molar-refractivity contribution is 7.92. The normalized spacial score (nSPS) is 17.3. The van der Waals surface area contributed by atoms with E-state index in [-0.39, 0.29) is 11.6 Å². The van der Waals surface area contributed by atoms with E-state index in [0.29, 0.717) is 17.7 Å². The minimum Gasteiger partial charge on any atom is -0.444 e. The molecule has 2 atom stereocenters. The third kappa shape index (κ3) is 3.80. The molecule has 0 radical (unpaired) electrons. The molecule has 7 nitrogen and oxygen atoms in total. The maximum atomic E-state index is 12.5. The Balaban J connectivity index is 1.87. The number of ether oxygens (including phenoxy) is 1. The van der Waals surface area contributed by atoms with Crippen LogP contribution in [0.3, 0.4) is 0 Å². The van der Waals surface area contributed by atoms with Crippen LogP contribution < -0.4 is 10.0 Å². The number of esters is 1. The van der Waals surface area contributed by atoms with Crippen LogP contribution in [0.25, 0.3) is 0 Å². The number of hydrogen-bond donors (Lipinski definition) is 1. The molecule has 8 heteroatoms. The predicted molar refractivity (Wildman–Crippen MR) is 101 cm³/mol. The summed E-state index contributed by atoms with van der Waals surface area (Å²) in [7, 11) is -3.41. The van der Waals surface area contributed by atoms with E-state index in [2.05, 4.69) is 0 Å². The Labute approximate surface area is 157 Å². The van der Waals surface area contributed by atoms with Crippen LogP contribution >= 0.6 is 0 Å². The topological polar surface area (TPSA) is 107 Å². The molecule has 0 bridgehead atoms. The first-order chi connectivity index (χ1) is 12.7. The summed E-state index contributed by atoms with van der Waals surface area (Å²) >= 11 is 0. The van der Waals surface area contributed by atoms with Crippen molar-refractivity contribution in [1.82, 2.24) is 0 Å². The first kappa shape index (κ1) is 18.9. The summed E-state index contributed by atoms with van der Waals surface area (Å²) in [6, 6.07) is 12.9. The van der Waals surface area contributed by atoms with Crippen molar-refractivity contribution in [3.8, 4) is 0 Å². The number of amides is 1. The summed E-state index contributed by atoms with van der Waals surface area (Å²) in [6.45, 7) is 1.80. The Kier molecular flexibility index (Phi) is 4.93. The lowest BCUT2D eigenvalue weighted by Gasteiger charge is -2.22. The number of sulfonamides is 1. The highest BCUT2D eigenvalue weighted by Gasteiger charge is 2.33. The summed E-state index contributed by atoms with van der Waals surface area (Å²) in [5.74, 6) is -1.47. The van der Waals surface area contributed by atoms with Gasteiger partial charge in [0.2, 0.25) is 16.1 Å². The Morgan fingerprint density at radius 2 is 1.85 bits per heavy atom. The zero-order valence-corrected chi connectivity index (χ0v) is 15.8. The van der Waals surface area contributed by atoms with Gasteiger partial charge in [-0.05, 0) is 37.1 Å². The molecule has 0 spiro atoms. The first-order valence-electron chi connectivity index (χ1n) is 8.36. The van der Waals surface area contributed by atoms with Crippen LogP contribution in [0.1, 0.15) is 34.5 Å². The van der Waals surface area contributed by atoms with Crippen molar-refractivity contribution in [3.05, 3.63) is 65.2 Å². The molecule has 142 valence electrons. The van der Waals surface area contributed by atoms with Gasteiger partial charge in [0, 0.05) is 11.6 Å². The van der Waals surface area contributed by atoms with E-state index < -0.39 is 28.0 Å². The van der Waals surface area contributed by atoms with Gasteiger partial charge in [0.15, 0.2) is 0 Å². The molecule has 2 aromatic rings. The maximum Gasteiger partial charge on any atom is 0.339 e. The molecule has 1 aliphatic heterocycles. The van der Waals surface area contributed by atoms with E-state index in [4.69, 9.17) is 10.5 Å². The second-order valence-electron chi connectivity index (χ2n) is 6.55. The van der Waals surface area contributed by atoms with Crippen molar-refractivity contribution in [2.24, 2.45) is 5.73 Å². The van der Waals surface area contributed by atoms with Crippen LogP contribution in [0.5, 0.6) is 0 Å². The molecular weight excluding hydrogens is 368 g/mol. The number of rotatable bonds is 5. The molecule has 0 saturated heterocycles. The molecule has 2 aromatic carbocycles.